The van der Waals surface area contributed by atoms with Gasteiger partial charge in [0.1, 0.15) is 5.60 Å². The highest BCUT2D eigenvalue weighted by Crippen LogP contribution is 2.30. The lowest BCUT2D eigenvalue weighted by atomic mass is 10.0. The SMILES string of the molecule is CC(C)(C)OC(=O)N1CCc2[nH]nc(C(=O)N3CCc4ccccc43)c2C1. The van der Waals surface area contributed by atoms with Gasteiger partial charge in [-0.15, -0.1) is 0 Å². The van der Waals surface area contributed by atoms with Gasteiger partial charge in [0.25, 0.3) is 5.91 Å². The molecule has 0 fully saturated rings. The van der Waals surface area contributed by atoms with Gasteiger partial charge in [-0.1, -0.05) is 18.2 Å². The summed E-state index contributed by atoms with van der Waals surface area (Å²) in [5.74, 6) is -0.122. The van der Waals surface area contributed by atoms with E-state index in [9.17, 15) is 9.59 Å². The number of aromatic nitrogens is 2. The molecule has 7 nitrogen and oxygen atoms in total. The number of hydrogen-bond acceptors (Lipinski definition) is 4. The molecule has 142 valence electrons. The molecule has 0 saturated carbocycles. The van der Waals surface area contributed by atoms with Gasteiger partial charge in [-0.25, -0.2) is 4.79 Å². The van der Waals surface area contributed by atoms with Crippen LogP contribution in [-0.4, -0.2) is 45.8 Å². The third kappa shape index (κ3) is 3.29. The smallest absolute Gasteiger partial charge is 0.410 e. The molecule has 7 heteroatoms. The van der Waals surface area contributed by atoms with Crippen LogP contribution in [0, 0.1) is 0 Å². The van der Waals surface area contributed by atoms with E-state index in [1.807, 2.05) is 45.0 Å². The zero-order valence-corrected chi connectivity index (χ0v) is 15.9. The van der Waals surface area contributed by atoms with Crippen molar-refractivity contribution in [2.45, 2.75) is 45.8 Å². The molecule has 4 rings (SSSR count). The molecule has 1 aromatic carbocycles. The van der Waals surface area contributed by atoms with Crippen molar-refractivity contribution in [3.8, 4) is 0 Å². The van der Waals surface area contributed by atoms with Crippen molar-refractivity contribution in [2.24, 2.45) is 0 Å². The van der Waals surface area contributed by atoms with Crippen molar-refractivity contribution in [3.05, 3.63) is 46.8 Å². The lowest BCUT2D eigenvalue weighted by Crippen LogP contribution is -2.40. The number of anilines is 1. The quantitative estimate of drug-likeness (QED) is 0.839. The summed E-state index contributed by atoms with van der Waals surface area (Å²) < 4.78 is 5.48. The lowest BCUT2D eigenvalue weighted by molar-refractivity contribution is 0.0222. The zero-order chi connectivity index (χ0) is 19.2. The van der Waals surface area contributed by atoms with Crippen LogP contribution < -0.4 is 4.90 Å². The minimum absolute atomic E-state index is 0.122. The molecule has 3 heterocycles. The predicted octanol–water partition coefficient (Wildman–Crippen LogP) is 2.91. The minimum Gasteiger partial charge on any atom is -0.444 e. The molecule has 2 aromatic rings. The number of hydrogen-bond donors (Lipinski definition) is 1. The fraction of sp³-hybridized carbons (Fsp3) is 0.450. The van der Waals surface area contributed by atoms with E-state index in [2.05, 4.69) is 10.2 Å². The van der Waals surface area contributed by atoms with Crippen molar-refractivity contribution in [1.29, 1.82) is 0 Å². The number of benzene rings is 1. The summed E-state index contributed by atoms with van der Waals surface area (Å²) in [6, 6.07) is 7.94. The fourth-order valence-electron chi connectivity index (χ4n) is 3.63. The maximum Gasteiger partial charge on any atom is 0.410 e. The van der Waals surface area contributed by atoms with Gasteiger partial charge in [0.15, 0.2) is 5.69 Å². The second-order valence-corrected chi connectivity index (χ2v) is 8.02. The Morgan fingerprint density at radius 3 is 2.70 bits per heavy atom. The number of rotatable bonds is 1. The van der Waals surface area contributed by atoms with E-state index in [0.717, 1.165) is 23.4 Å². The second-order valence-electron chi connectivity index (χ2n) is 8.02. The number of aromatic amines is 1. The first kappa shape index (κ1) is 17.6. The van der Waals surface area contributed by atoms with Crippen LogP contribution in [0.1, 0.15) is 48.1 Å². The van der Waals surface area contributed by atoms with Gasteiger partial charge in [-0.05, 0) is 38.8 Å². The maximum absolute atomic E-state index is 13.2. The Balaban J connectivity index is 1.57. The highest BCUT2D eigenvalue weighted by atomic mass is 16.6. The lowest BCUT2D eigenvalue weighted by Gasteiger charge is -2.30. The number of carbonyl (C=O) groups excluding carboxylic acids is 2. The third-order valence-corrected chi connectivity index (χ3v) is 4.92. The Hall–Kier alpha value is -2.83. The molecule has 0 radical (unpaired) electrons. The summed E-state index contributed by atoms with van der Waals surface area (Å²) >= 11 is 0. The van der Waals surface area contributed by atoms with Crippen LogP contribution in [0.15, 0.2) is 24.3 Å². The Morgan fingerprint density at radius 2 is 1.93 bits per heavy atom. The molecule has 0 spiro atoms. The number of para-hydroxylation sites is 1. The largest absolute Gasteiger partial charge is 0.444 e. The van der Waals surface area contributed by atoms with Crippen molar-refractivity contribution < 1.29 is 14.3 Å². The van der Waals surface area contributed by atoms with E-state index in [4.69, 9.17) is 4.74 Å². The van der Waals surface area contributed by atoms with Gasteiger partial charge >= 0.3 is 6.09 Å². The highest BCUT2D eigenvalue weighted by molar-refractivity contribution is 6.07. The fourth-order valence-corrected chi connectivity index (χ4v) is 3.63. The maximum atomic E-state index is 13.2. The number of ether oxygens (including phenoxy) is 1. The van der Waals surface area contributed by atoms with Crippen molar-refractivity contribution in [1.82, 2.24) is 15.1 Å². The second kappa shape index (κ2) is 6.40. The number of nitrogens with zero attached hydrogens (tertiary/aromatic N) is 3. The first-order valence-corrected chi connectivity index (χ1v) is 9.27. The molecule has 0 atom stereocenters. The van der Waals surface area contributed by atoms with Crippen LogP contribution in [0.4, 0.5) is 10.5 Å². The van der Waals surface area contributed by atoms with Crippen LogP contribution in [0.25, 0.3) is 0 Å². The van der Waals surface area contributed by atoms with E-state index in [1.165, 1.54) is 5.56 Å². The molecule has 27 heavy (non-hydrogen) atoms. The van der Waals surface area contributed by atoms with Gasteiger partial charge in [0.2, 0.25) is 0 Å². The monoisotopic (exact) mass is 368 g/mol. The van der Waals surface area contributed by atoms with Crippen LogP contribution in [0.3, 0.4) is 0 Å². The molecule has 0 saturated heterocycles. The predicted molar refractivity (Wildman–Crippen MR) is 101 cm³/mol. The molecule has 1 N–H and O–H groups in total. The normalized spacial score (nSPS) is 16.1. The summed E-state index contributed by atoms with van der Waals surface area (Å²) in [7, 11) is 0. The Morgan fingerprint density at radius 1 is 1.15 bits per heavy atom. The van der Waals surface area contributed by atoms with Crippen LogP contribution in [-0.2, 0) is 24.1 Å². The molecule has 0 unspecified atom stereocenters. The van der Waals surface area contributed by atoms with Gasteiger partial charge in [0.05, 0.1) is 6.54 Å². The molecule has 2 amide bonds. The molecule has 0 aliphatic carbocycles. The van der Waals surface area contributed by atoms with Crippen LogP contribution >= 0.6 is 0 Å². The van der Waals surface area contributed by atoms with Crippen molar-refractivity contribution in [2.75, 3.05) is 18.0 Å². The van der Waals surface area contributed by atoms with E-state index in [1.54, 1.807) is 9.80 Å². The number of amides is 2. The van der Waals surface area contributed by atoms with Gasteiger partial charge in [0, 0.05) is 36.5 Å². The zero-order valence-electron chi connectivity index (χ0n) is 15.9. The average molecular weight is 368 g/mol. The molecule has 0 bridgehead atoms. The molecule has 1 aromatic heterocycles. The summed E-state index contributed by atoms with van der Waals surface area (Å²) in [4.78, 5) is 29.0. The van der Waals surface area contributed by atoms with E-state index in [0.29, 0.717) is 31.7 Å². The van der Waals surface area contributed by atoms with E-state index in [-0.39, 0.29) is 12.0 Å². The van der Waals surface area contributed by atoms with Crippen LogP contribution in [0.2, 0.25) is 0 Å². The Bertz CT molecular complexity index is 897. The summed E-state index contributed by atoms with van der Waals surface area (Å²) in [5, 5.41) is 7.27. The molecular weight excluding hydrogens is 344 g/mol. The van der Waals surface area contributed by atoms with Crippen molar-refractivity contribution in [3.63, 3.8) is 0 Å². The number of carbonyl (C=O) groups is 2. The molecule has 2 aliphatic heterocycles. The average Bonchev–Trinajstić information content (AvgIpc) is 3.23. The number of fused-ring (bicyclic) bond motifs is 2. The van der Waals surface area contributed by atoms with Gasteiger partial charge in [-0.3, -0.25) is 9.89 Å². The first-order chi connectivity index (χ1) is 12.8. The highest BCUT2D eigenvalue weighted by Gasteiger charge is 2.33. The van der Waals surface area contributed by atoms with E-state index >= 15 is 0 Å². The topological polar surface area (TPSA) is 78.5 Å². The van der Waals surface area contributed by atoms with Crippen molar-refractivity contribution >= 4 is 17.7 Å². The standard InChI is InChI=1S/C20H24N4O3/c1-20(2,3)27-19(26)23-10-9-15-14(12-23)17(22-21-15)18(25)24-11-8-13-6-4-5-7-16(13)24/h4-7H,8-12H2,1-3H3,(H,21,22). The Kier molecular flexibility index (Phi) is 4.17. The van der Waals surface area contributed by atoms with Gasteiger partial charge in [-0.2, -0.15) is 5.10 Å². The van der Waals surface area contributed by atoms with Crippen LogP contribution in [0.5, 0.6) is 0 Å². The first-order valence-electron chi connectivity index (χ1n) is 9.27. The molecule has 2 aliphatic rings. The summed E-state index contributed by atoms with van der Waals surface area (Å²) in [6.07, 6.45) is 1.11. The number of nitrogens with one attached hydrogen (secondary N) is 1. The summed E-state index contributed by atoms with van der Waals surface area (Å²) in [6.45, 7) is 7.06. The minimum atomic E-state index is -0.550. The molecular formula is C20H24N4O3. The summed E-state index contributed by atoms with van der Waals surface area (Å²) in [5.41, 5.74) is 3.68. The third-order valence-electron chi connectivity index (χ3n) is 4.92. The van der Waals surface area contributed by atoms with Gasteiger partial charge < -0.3 is 14.5 Å². The Labute approximate surface area is 158 Å². The number of H-pyrrole nitrogens is 1. The van der Waals surface area contributed by atoms with E-state index < -0.39 is 5.60 Å².